The Balaban J connectivity index is 2.13. The molecule has 2 amide bonds. The van der Waals surface area contributed by atoms with Crippen molar-refractivity contribution in [2.24, 2.45) is 29.6 Å². The van der Waals surface area contributed by atoms with Crippen LogP contribution in [0.5, 0.6) is 0 Å². The average Bonchev–Trinajstić information content (AvgIpc) is 2.73. The van der Waals surface area contributed by atoms with Crippen LogP contribution in [0.15, 0.2) is 0 Å². The number of esters is 1. The molecule has 5 heteroatoms. The second-order valence-corrected chi connectivity index (χ2v) is 8.75. The van der Waals surface area contributed by atoms with Crippen molar-refractivity contribution in [2.45, 2.75) is 66.4 Å². The molecular weight excluding hydrogens is 306 g/mol. The van der Waals surface area contributed by atoms with Crippen LogP contribution >= 0.6 is 0 Å². The molecule has 0 aromatic rings. The van der Waals surface area contributed by atoms with Crippen molar-refractivity contribution in [1.29, 1.82) is 0 Å². The maximum Gasteiger partial charge on any atom is 0.308 e. The van der Waals surface area contributed by atoms with Crippen LogP contribution in [0.1, 0.15) is 60.8 Å². The van der Waals surface area contributed by atoms with Gasteiger partial charge in [0.2, 0.25) is 11.8 Å². The van der Waals surface area contributed by atoms with Crippen LogP contribution in [0.25, 0.3) is 0 Å². The molecule has 2 aliphatic rings. The fourth-order valence-corrected chi connectivity index (χ4v) is 4.27. The van der Waals surface area contributed by atoms with E-state index in [1.54, 1.807) is 0 Å². The quantitative estimate of drug-likeness (QED) is 0.584. The number of carbonyl (C=O) groups excluding carboxylic acids is 3. The van der Waals surface area contributed by atoms with Gasteiger partial charge < -0.3 is 4.74 Å². The van der Waals surface area contributed by atoms with Crippen molar-refractivity contribution in [3.8, 4) is 0 Å². The number of imide groups is 1. The Morgan fingerprint density at radius 1 is 1.21 bits per heavy atom. The molecule has 1 saturated carbocycles. The number of ether oxygens (including phenoxy) is 1. The van der Waals surface area contributed by atoms with Gasteiger partial charge in [0.25, 0.3) is 0 Å². The Hall–Kier alpha value is -1.39. The van der Waals surface area contributed by atoms with Crippen molar-refractivity contribution < 1.29 is 19.1 Å². The van der Waals surface area contributed by atoms with Crippen LogP contribution in [0.3, 0.4) is 0 Å². The van der Waals surface area contributed by atoms with Gasteiger partial charge in [0, 0.05) is 18.4 Å². The van der Waals surface area contributed by atoms with Gasteiger partial charge in [0.15, 0.2) is 0 Å². The summed E-state index contributed by atoms with van der Waals surface area (Å²) in [6.07, 6.45) is 1.81. The van der Waals surface area contributed by atoms with E-state index in [4.69, 9.17) is 4.74 Å². The molecule has 4 unspecified atom stereocenters. The molecule has 0 aromatic carbocycles. The van der Waals surface area contributed by atoms with E-state index in [1.165, 1.54) is 4.90 Å². The molecule has 2 bridgehead atoms. The summed E-state index contributed by atoms with van der Waals surface area (Å²) in [5, 5.41) is 0. The molecule has 0 aromatic heterocycles. The van der Waals surface area contributed by atoms with Crippen LogP contribution < -0.4 is 0 Å². The Labute approximate surface area is 145 Å². The first-order valence-electron chi connectivity index (χ1n) is 9.08. The van der Waals surface area contributed by atoms with E-state index in [9.17, 15) is 14.4 Å². The number of fused-ring (bicyclic) bond motifs is 2. The third kappa shape index (κ3) is 3.98. The summed E-state index contributed by atoms with van der Waals surface area (Å²) < 4.78 is 5.30. The lowest BCUT2D eigenvalue weighted by molar-refractivity contribution is -0.157. The lowest BCUT2D eigenvalue weighted by atomic mass is 9.81. The largest absolute Gasteiger partial charge is 0.460 e. The van der Waals surface area contributed by atoms with Gasteiger partial charge in [-0.3, -0.25) is 19.3 Å². The first-order valence-corrected chi connectivity index (χ1v) is 9.08. The predicted octanol–water partition coefficient (Wildman–Crippen LogP) is 3.02. The highest BCUT2D eigenvalue weighted by molar-refractivity contribution is 5.99. The van der Waals surface area contributed by atoms with Crippen molar-refractivity contribution in [3.05, 3.63) is 0 Å². The molecule has 2 rings (SSSR count). The average molecular weight is 337 g/mol. The molecule has 1 heterocycles. The molecule has 0 radical (unpaired) electrons. The number of hydrogen-bond donors (Lipinski definition) is 0. The minimum Gasteiger partial charge on any atom is -0.460 e. The first kappa shape index (κ1) is 18.9. The van der Waals surface area contributed by atoms with Gasteiger partial charge in [0.1, 0.15) is 5.60 Å². The minimum atomic E-state index is -0.558. The fourth-order valence-electron chi connectivity index (χ4n) is 4.27. The van der Waals surface area contributed by atoms with E-state index in [0.717, 1.165) is 12.8 Å². The molecule has 5 nitrogen and oxygen atoms in total. The summed E-state index contributed by atoms with van der Waals surface area (Å²) in [6, 6.07) is 0. The van der Waals surface area contributed by atoms with E-state index in [0.29, 0.717) is 5.92 Å². The Bertz CT molecular complexity index is 520. The zero-order valence-electron chi connectivity index (χ0n) is 15.8. The van der Waals surface area contributed by atoms with Crippen LogP contribution in [0.2, 0.25) is 0 Å². The predicted molar refractivity (Wildman–Crippen MR) is 90.9 cm³/mol. The van der Waals surface area contributed by atoms with Crippen LogP contribution in [-0.4, -0.2) is 34.8 Å². The fraction of sp³-hybridized carbons (Fsp3) is 0.842. The minimum absolute atomic E-state index is 0.0608. The standard InChI is InChI=1S/C19H31NO4/c1-11(2)16-13-9-12(3)14(10-13)17(22)20(18(16)23)8-7-15(21)24-19(4,5)6/h11-14,16H,7-10H2,1-6H3. The van der Waals surface area contributed by atoms with Gasteiger partial charge in [-0.15, -0.1) is 0 Å². The highest BCUT2D eigenvalue weighted by Crippen LogP contribution is 2.46. The van der Waals surface area contributed by atoms with Gasteiger partial charge in [-0.25, -0.2) is 0 Å². The number of likely N-dealkylation sites (tertiary alicyclic amines) is 1. The van der Waals surface area contributed by atoms with Crippen LogP contribution in [-0.2, 0) is 19.1 Å². The smallest absolute Gasteiger partial charge is 0.308 e. The van der Waals surface area contributed by atoms with Crippen molar-refractivity contribution >= 4 is 17.8 Å². The van der Waals surface area contributed by atoms with E-state index >= 15 is 0 Å². The third-order valence-corrected chi connectivity index (χ3v) is 5.24. The number of hydrogen-bond acceptors (Lipinski definition) is 4. The summed E-state index contributed by atoms with van der Waals surface area (Å²) in [6.45, 7) is 11.7. The second-order valence-electron chi connectivity index (χ2n) is 8.75. The molecule has 0 spiro atoms. The van der Waals surface area contributed by atoms with E-state index in [2.05, 4.69) is 6.92 Å². The number of amides is 2. The molecule has 2 fully saturated rings. The van der Waals surface area contributed by atoms with Gasteiger partial charge in [-0.05, 0) is 51.4 Å². The van der Waals surface area contributed by atoms with Crippen LogP contribution in [0.4, 0.5) is 0 Å². The molecular formula is C19H31NO4. The lowest BCUT2D eigenvalue weighted by Crippen LogP contribution is -2.46. The van der Waals surface area contributed by atoms with E-state index in [-0.39, 0.29) is 54.4 Å². The molecule has 1 saturated heterocycles. The third-order valence-electron chi connectivity index (χ3n) is 5.24. The zero-order valence-corrected chi connectivity index (χ0v) is 15.8. The SMILES string of the molecule is CC(C)C1C(=O)N(CCC(=O)OC(C)(C)C)C(=O)C2CC1CC2C. The number of nitrogens with zero attached hydrogens (tertiary/aromatic N) is 1. The molecule has 136 valence electrons. The van der Waals surface area contributed by atoms with Gasteiger partial charge in [0.05, 0.1) is 6.42 Å². The molecule has 4 atom stereocenters. The maximum absolute atomic E-state index is 12.9. The highest BCUT2D eigenvalue weighted by Gasteiger charge is 2.49. The van der Waals surface area contributed by atoms with E-state index in [1.807, 2.05) is 34.6 Å². The Morgan fingerprint density at radius 3 is 2.38 bits per heavy atom. The molecule has 0 N–H and O–H groups in total. The zero-order chi connectivity index (χ0) is 18.2. The Kier molecular flexibility index (Phi) is 5.41. The summed E-state index contributed by atoms with van der Waals surface area (Å²) >= 11 is 0. The topological polar surface area (TPSA) is 63.7 Å². The van der Waals surface area contributed by atoms with E-state index < -0.39 is 5.60 Å². The number of carbonyl (C=O) groups is 3. The summed E-state index contributed by atoms with van der Waals surface area (Å²) in [7, 11) is 0. The summed E-state index contributed by atoms with van der Waals surface area (Å²) in [4.78, 5) is 39.1. The van der Waals surface area contributed by atoms with Crippen molar-refractivity contribution in [3.63, 3.8) is 0 Å². The Morgan fingerprint density at radius 2 is 1.83 bits per heavy atom. The molecule has 1 aliphatic heterocycles. The van der Waals surface area contributed by atoms with Gasteiger partial charge in [-0.2, -0.15) is 0 Å². The normalized spacial score (nSPS) is 30.7. The number of rotatable bonds is 4. The van der Waals surface area contributed by atoms with Gasteiger partial charge in [-0.1, -0.05) is 20.8 Å². The van der Waals surface area contributed by atoms with Crippen molar-refractivity contribution in [2.75, 3.05) is 6.54 Å². The van der Waals surface area contributed by atoms with Crippen LogP contribution in [0, 0.1) is 29.6 Å². The highest BCUT2D eigenvalue weighted by atomic mass is 16.6. The summed E-state index contributed by atoms with van der Waals surface area (Å²) in [5.41, 5.74) is -0.558. The lowest BCUT2D eigenvalue weighted by Gasteiger charge is -2.32. The first-order chi connectivity index (χ1) is 11.0. The van der Waals surface area contributed by atoms with Gasteiger partial charge >= 0.3 is 5.97 Å². The monoisotopic (exact) mass is 337 g/mol. The molecule has 1 aliphatic carbocycles. The van der Waals surface area contributed by atoms with Crippen molar-refractivity contribution in [1.82, 2.24) is 4.90 Å². The molecule has 24 heavy (non-hydrogen) atoms. The summed E-state index contributed by atoms with van der Waals surface area (Å²) in [5.74, 6) is 0.0208. The second kappa shape index (κ2) is 6.85. The maximum atomic E-state index is 12.9.